The van der Waals surface area contributed by atoms with Crippen LogP contribution in [0.5, 0.6) is 0 Å². The third-order valence-corrected chi connectivity index (χ3v) is 3.57. The van der Waals surface area contributed by atoms with Crippen LogP contribution < -0.4 is 5.32 Å². The van der Waals surface area contributed by atoms with Crippen molar-refractivity contribution in [2.75, 3.05) is 0 Å². The van der Waals surface area contributed by atoms with Gasteiger partial charge in [0.25, 0.3) is 0 Å². The zero-order valence-electron chi connectivity index (χ0n) is 9.53. The van der Waals surface area contributed by atoms with Gasteiger partial charge in [0.2, 0.25) is 5.91 Å². The van der Waals surface area contributed by atoms with Gasteiger partial charge in [-0.05, 0) is 32.4 Å². The van der Waals surface area contributed by atoms with Gasteiger partial charge in [-0.15, -0.1) is 11.3 Å². The maximum absolute atomic E-state index is 11.4. The van der Waals surface area contributed by atoms with Gasteiger partial charge in [0.1, 0.15) is 5.92 Å². The molecule has 5 heteroatoms. The first-order valence-corrected chi connectivity index (χ1v) is 5.80. The molecule has 16 heavy (non-hydrogen) atoms. The van der Waals surface area contributed by atoms with Gasteiger partial charge in [-0.25, -0.2) is 0 Å². The predicted molar refractivity (Wildman–Crippen MR) is 62.4 cm³/mol. The Morgan fingerprint density at radius 1 is 1.50 bits per heavy atom. The molecule has 0 aliphatic rings. The van der Waals surface area contributed by atoms with E-state index in [1.165, 1.54) is 17.4 Å². The second kappa shape index (κ2) is 5.12. The summed E-state index contributed by atoms with van der Waals surface area (Å²) in [6, 6.07) is 2.01. The molecule has 0 saturated heterocycles. The van der Waals surface area contributed by atoms with E-state index in [0.717, 1.165) is 4.88 Å². The minimum absolute atomic E-state index is 0.399. The van der Waals surface area contributed by atoms with Crippen molar-refractivity contribution in [3.8, 4) is 0 Å². The van der Waals surface area contributed by atoms with Crippen molar-refractivity contribution in [1.82, 2.24) is 5.32 Å². The summed E-state index contributed by atoms with van der Waals surface area (Å²) in [5.74, 6) is -2.55. The number of amides is 1. The minimum atomic E-state index is -1.10. The smallest absolute Gasteiger partial charge is 0.315 e. The fourth-order valence-electron chi connectivity index (χ4n) is 1.18. The first kappa shape index (κ1) is 12.7. The zero-order chi connectivity index (χ0) is 12.3. The highest BCUT2D eigenvalue weighted by molar-refractivity contribution is 7.12. The van der Waals surface area contributed by atoms with Gasteiger partial charge in [-0.3, -0.25) is 9.59 Å². The number of nitrogens with one attached hydrogen (secondary N) is 1. The number of carbonyl (C=O) groups excluding carboxylic acids is 1. The lowest BCUT2D eigenvalue weighted by molar-refractivity contribution is -0.146. The third-order valence-electron chi connectivity index (χ3n) is 2.42. The van der Waals surface area contributed by atoms with Crippen molar-refractivity contribution < 1.29 is 14.7 Å². The summed E-state index contributed by atoms with van der Waals surface area (Å²) in [6.07, 6.45) is 0. The number of rotatable bonds is 4. The van der Waals surface area contributed by atoms with Gasteiger partial charge in [0, 0.05) is 9.75 Å². The Kier molecular flexibility index (Phi) is 4.06. The molecule has 1 rings (SSSR count). The van der Waals surface area contributed by atoms with Crippen LogP contribution in [-0.4, -0.2) is 17.0 Å². The summed E-state index contributed by atoms with van der Waals surface area (Å²) < 4.78 is 0. The molecule has 1 atom stereocenters. The number of carboxylic acids is 1. The van der Waals surface area contributed by atoms with Crippen LogP contribution in [0.4, 0.5) is 0 Å². The van der Waals surface area contributed by atoms with Gasteiger partial charge in [0.15, 0.2) is 0 Å². The summed E-state index contributed by atoms with van der Waals surface area (Å²) in [7, 11) is 0. The van der Waals surface area contributed by atoms with Crippen LogP contribution in [0.1, 0.15) is 22.2 Å². The highest BCUT2D eigenvalue weighted by Crippen LogP contribution is 2.20. The maximum Gasteiger partial charge on any atom is 0.315 e. The Morgan fingerprint density at radius 2 is 2.12 bits per heavy atom. The molecule has 1 aromatic rings. The summed E-state index contributed by atoms with van der Waals surface area (Å²) in [6.45, 7) is 5.81. The normalized spacial score (nSPS) is 12.2. The van der Waals surface area contributed by atoms with Gasteiger partial charge in [-0.2, -0.15) is 0 Å². The second-order valence-corrected chi connectivity index (χ2v) is 5.07. The van der Waals surface area contributed by atoms with E-state index in [1.54, 1.807) is 11.3 Å². The van der Waals surface area contributed by atoms with Crippen LogP contribution in [0, 0.1) is 19.8 Å². The largest absolute Gasteiger partial charge is 0.481 e. The van der Waals surface area contributed by atoms with Gasteiger partial charge < -0.3 is 10.4 Å². The average Bonchev–Trinajstić information content (AvgIpc) is 2.53. The lowest BCUT2D eigenvalue weighted by Crippen LogP contribution is -2.32. The molecule has 0 spiro atoms. The highest BCUT2D eigenvalue weighted by atomic mass is 32.1. The lowest BCUT2D eigenvalue weighted by Gasteiger charge is -2.06. The van der Waals surface area contributed by atoms with E-state index in [1.807, 2.05) is 19.9 Å². The van der Waals surface area contributed by atoms with Crippen LogP contribution in [0.2, 0.25) is 0 Å². The quantitative estimate of drug-likeness (QED) is 0.788. The molecule has 0 aromatic carbocycles. The molecule has 2 N–H and O–H groups in total. The summed E-state index contributed by atoms with van der Waals surface area (Å²) in [5, 5.41) is 11.3. The van der Waals surface area contributed by atoms with E-state index in [4.69, 9.17) is 5.11 Å². The van der Waals surface area contributed by atoms with E-state index in [-0.39, 0.29) is 0 Å². The molecule has 0 bridgehead atoms. The Balaban J connectivity index is 2.52. The standard InChI is InChI=1S/C11H15NO3S/c1-6-4-9(16-8(6)3)5-12-10(13)7(2)11(14)15/h4,7H,5H2,1-3H3,(H,12,13)(H,14,15). The van der Waals surface area contributed by atoms with Gasteiger partial charge in [0.05, 0.1) is 6.54 Å². The van der Waals surface area contributed by atoms with Crippen molar-refractivity contribution in [2.24, 2.45) is 5.92 Å². The van der Waals surface area contributed by atoms with E-state index in [0.29, 0.717) is 6.54 Å². The van der Waals surface area contributed by atoms with Crippen molar-refractivity contribution in [3.05, 3.63) is 21.4 Å². The van der Waals surface area contributed by atoms with Crippen LogP contribution in [-0.2, 0) is 16.1 Å². The average molecular weight is 241 g/mol. The summed E-state index contributed by atoms with van der Waals surface area (Å²) in [4.78, 5) is 24.2. The third kappa shape index (κ3) is 3.06. The van der Waals surface area contributed by atoms with Crippen molar-refractivity contribution in [1.29, 1.82) is 0 Å². The molecule has 0 saturated carbocycles. The summed E-state index contributed by atoms with van der Waals surface area (Å²) in [5.41, 5.74) is 1.19. The minimum Gasteiger partial charge on any atom is -0.481 e. The first-order chi connectivity index (χ1) is 7.41. The molecule has 4 nitrogen and oxygen atoms in total. The molecule has 0 radical (unpaired) electrons. The molecule has 1 aromatic heterocycles. The van der Waals surface area contributed by atoms with Crippen molar-refractivity contribution >= 4 is 23.2 Å². The van der Waals surface area contributed by atoms with Crippen LogP contribution >= 0.6 is 11.3 Å². The predicted octanol–water partition coefficient (Wildman–Crippen LogP) is 1.70. The zero-order valence-corrected chi connectivity index (χ0v) is 10.4. The van der Waals surface area contributed by atoms with Crippen LogP contribution in [0.3, 0.4) is 0 Å². The highest BCUT2D eigenvalue weighted by Gasteiger charge is 2.19. The number of thiophene rings is 1. The van der Waals surface area contributed by atoms with E-state index >= 15 is 0 Å². The number of aryl methyl sites for hydroxylation is 2. The van der Waals surface area contributed by atoms with Gasteiger partial charge >= 0.3 is 5.97 Å². The van der Waals surface area contributed by atoms with E-state index < -0.39 is 17.8 Å². The number of carboxylic acid groups (broad SMARTS) is 1. The first-order valence-electron chi connectivity index (χ1n) is 4.98. The Bertz CT molecular complexity index is 392. The van der Waals surface area contributed by atoms with Crippen LogP contribution in [0.15, 0.2) is 6.07 Å². The second-order valence-electron chi connectivity index (χ2n) is 3.73. The summed E-state index contributed by atoms with van der Waals surface area (Å²) >= 11 is 1.61. The van der Waals surface area contributed by atoms with Gasteiger partial charge in [-0.1, -0.05) is 0 Å². The Hall–Kier alpha value is -1.36. The van der Waals surface area contributed by atoms with E-state index in [9.17, 15) is 9.59 Å². The molecule has 1 unspecified atom stereocenters. The number of hydrogen-bond donors (Lipinski definition) is 2. The molecule has 1 amide bonds. The SMILES string of the molecule is Cc1cc(CNC(=O)C(C)C(=O)O)sc1C. The van der Waals surface area contributed by atoms with E-state index in [2.05, 4.69) is 5.32 Å². The van der Waals surface area contributed by atoms with Crippen molar-refractivity contribution in [3.63, 3.8) is 0 Å². The molecular formula is C11H15NO3S. The molecule has 0 fully saturated rings. The number of carbonyl (C=O) groups is 2. The monoisotopic (exact) mass is 241 g/mol. The topological polar surface area (TPSA) is 66.4 Å². The molecule has 0 aliphatic carbocycles. The molecular weight excluding hydrogens is 226 g/mol. The van der Waals surface area contributed by atoms with Crippen LogP contribution in [0.25, 0.3) is 0 Å². The lowest BCUT2D eigenvalue weighted by atomic mass is 10.2. The Morgan fingerprint density at radius 3 is 2.56 bits per heavy atom. The fourth-order valence-corrected chi connectivity index (χ4v) is 2.17. The maximum atomic E-state index is 11.4. The fraction of sp³-hybridized carbons (Fsp3) is 0.455. The number of aliphatic carboxylic acids is 1. The molecule has 88 valence electrons. The van der Waals surface area contributed by atoms with Crippen molar-refractivity contribution in [2.45, 2.75) is 27.3 Å². The molecule has 1 heterocycles. The Labute approximate surface area is 98.3 Å². The number of hydrogen-bond acceptors (Lipinski definition) is 3. The molecule has 0 aliphatic heterocycles.